The molecule has 0 aliphatic rings. The van der Waals surface area contributed by atoms with Gasteiger partial charge in [0.25, 0.3) is 0 Å². The van der Waals surface area contributed by atoms with Gasteiger partial charge in [-0.3, -0.25) is 0 Å². The number of aromatic nitrogens is 1. The van der Waals surface area contributed by atoms with Gasteiger partial charge in [0.05, 0.1) is 19.8 Å². The molecule has 3 nitrogen and oxygen atoms in total. The molecule has 2 heterocycles. The van der Waals surface area contributed by atoms with E-state index in [2.05, 4.69) is 59.3 Å². The fourth-order valence-electron chi connectivity index (χ4n) is 3.19. The van der Waals surface area contributed by atoms with Gasteiger partial charge in [0.1, 0.15) is 11.5 Å². The highest BCUT2D eigenvalue weighted by molar-refractivity contribution is 5.85. The van der Waals surface area contributed by atoms with Crippen molar-refractivity contribution in [2.45, 2.75) is 0 Å². The van der Waals surface area contributed by atoms with Crippen LogP contribution in [0.25, 0.3) is 27.8 Å². The number of rotatable bonds is 4. The maximum absolute atomic E-state index is 5.42. The lowest BCUT2D eigenvalue weighted by atomic mass is 9.95. The molecule has 0 aliphatic heterocycles. The number of nitrogens with zero attached hydrogens (tertiary/aromatic N) is 1. The molecular formula is C23H20NO2+. The first kappa shape index (κ1) is 16.2. The van der Waals surface area contributed by atoms with Crippen molar-refractivity contribution in [1.29, 1.82) is 0 Å². The van der Waals surface area contributed by atoms with Crippen LogP contribution in [-0.4, -0.2) is 14.2 Å². The summed E-state index contributed by atoms with van der Waals surface area (Å²) in [4.78, 5) is 0. The van der Waals surface area contributed by atoms with Gasteiger partial charge in [-0.2, -0.15) is 4.40 Å². The predicted molar refractivity (Wildman–Crippen MR) is 104 cm³/mol. The van der Waals surface area contributed by atoms with Crippen LogP contribution in [0.3, 0.4) is 0 Å². The van der Waals surface area contributed by atoms with Gasteiger partial charge in [-0.15, -0.1) is 0 Å². The molecule has 3 heteroatoms. The Hall–Kier alpha value is -3.33. The fraction of sp³-hybridized carbons (Fsp3) is 0.0870. The van der Waals surface area contributed by atoms with E-state index in [1.165, 1.54) is 0 Å². The van der Waals surface area contributed by atoms with Gasteiger partial charge in [0, 0.05) is 23.8 Å². The summed E-state index contributed by atoms with van der Waals surface area (Å²) in [6.45, 7) is 0. The number of methoxy groups -OCH3 is 2. The van der Waals surface area contributed by atoms with Gasteiger partial charge in [0.15, 0.2) is 12.4 Å². The van der Waals surface area contributed by atoms with Gasteiger partial charge in [-0.1, -0.05) is 24.3 Å². The summed E-state index contributed by atoms with van der Waals surface area (Å²) in [5, 5.41) is 0. The third-order valence-corrected chi connectivity index (χ3v) is 4.53. The van der Waals surface area contributed by atoms with Gasteiger partial charge in [0.2, 0.25) is 5.52 Å². The minimum absolute atomic E-state index is 0.845. The molecule has 0 aliphatic carbocycles. The third kappa shape index (κ3) is 3.00. The summed E-state index contributed by atoms with van der Waals surface area (Å²) >= 11 is 0. The van der Waals surface area contributed by atoms with Crippen LogP contribution in [0.5, 0.6) is 11.5 Å². The maximum Gasteiger partial charge on any atom is 0.211 e. The van der Waals surface area contributed by atoms with Crippen molar-refractivity contribution in [3.8, 4) is 33.8 Å². The Bertz CT molecular complexity index is 986. The molecular weight excluding hydrogens is 322 g/mol. The smallest absolute Gasteiger partial charge is 0.211 e. The van der Waals surface area contributed by atoms with Gasteiger partial charge in [-0.25, -0.2) is 0 Å². The lowest BCUT2D eigenvalue weighted by molar-refractivity contribution is -0.511. The van der Waals surface area contributed by atoms with E-state index in [9.17, 15) is 0 Å². The molecule has 0 amide bonds. The van der Waals surface area contributed by atoms with Crippen LogP contribution in [0, 0.1) is 0 Å². The van der Waals surface area contributed by atoms with E-state index in [1.54, 1.807) is 14.2 Å². The molecule has 4 aromatic rings. The topological polar surface area (TPSA) is 22.6 Å². The molecule has 0 fully saturated rings. The lowest BCUT2D eigenvalue weighted by Gasteiger charge is -2.11. The molecule has 0 spiro atoms. The second kappa shape index (κ2) is 6.89. The minimum atomic E-state index is 0.845. The molecule has 2 aromatic carbocycles. The highest BCUT2D eigenvalue weighted by Gasteiger charge is 2.15. The van der Waals surface area contributed by atoms with Crippen LogP contribution in [0.15, 0.2) is 85.2 Å². The Balaban J connectivity index is 2.00. The van der Waals surface area contributed by atoms with Crippen LogP contribution in [-0.2, 0) is 0 Å². The summed E-state index contributed by atoms with van der Waals surface area (Å²) in [7, 11) is 3.38. The zero-order valence-electron chi connectivity index (χ0n) is 14.8. The number of fused-ring (bicyclic) bond motifs is 1. The van der Waals surface area contributed by atoms with Crippen LogP contribution in [0.4, 0.5) is 0 Å². The molecule has 0 unspecified atom stereocenters. The summed E-state index contributed by atoms with van der Waals surface area (Å²) in [5.41, 5.74) is 5.66. The van der Waals surface area contributed by atoms with E-state index in [0.717, 1.165) is 39.3 Å². The molecule has 26 heavy (non-hydrogen) atoms. The Morgan fingerprint density at radius 1 is 0.654 bits per heavy atom. The average Bonchev–Trinajstić information content (AvgIpc) is 2.73. The van der Waals surface area contributed by atoms with E-state index in [1.807, 2.05) is 30.3 Å². The van der Waals surface area contributed by atoms with E-state index < -0.39 is 0 Å². The summed E-state index contributed by atoms with van der Waals surface area (Å²) in [5.74, 6) is 1.69. The maximum atomic E-state index is 5.42. The Morgan fingerprint density at radius 2 is 1.31 bits per heavy atom. The predicted octanol–water partition coefficient (Wildman–Crippen LogP) is 4.78. The molecule has 0 N–H and O–H groups in total. The highest BCUT2D eigenvalue weighted by Crippen LogP contribution is 2.34. The largest absolute Gasteiger partial charge is 0.497 e. The fourth-order valence-corrected chi connectivity index (χ4v) is 3.19. The van der Waals surface area contributed by atoms with E-state index in [-0.39, 0.29) is 0 Å². The first-order chi connectivity index (χ1) is 12.8. The average molecular weight is 342 g/mol. The van der Waals surface area contributed by atoms with Crippen molar-refractivity contribution in [2.75, 3.05) is 14.2 Å². The van der Waals surface area contributed by atoms with E-state index in [4.69, 9.17) is 9.47 Å². The van der Waals surface area contributed by atoms with Crippen molar-refractivity contribution in [3.05, 3.63) is 85.2 Å². The highest BCUT2D eigenvalue weighted by atomic mass is 16.5. The van der Waals surface area contributed by atoms with Crippen LogP contribution in [0.1, 0.15) is 0 Å². The number of hydrogen-bond donors (Lipinski definition) is 0. The molecule has 0 saturated carbocycles. The Kier molecular flexibility index (Phi) is 4.28. The molecule has 4 rings (SSSR count). The normalized spacial score (nSPS) is 10.7. The third-order valence-electron chi connectivity index (χ3n) is 4.53. The standard InChI is InChI=1S/C23H20NO2/c1-25-20-10-5-7-17(13-20)22-15-19-9-3-4-12-24(19)16-23(22)18-8-6-11-21(14-18)26-2/h3-16H,1-2H3/q+1. The van der Waals surface area contributed by atoms with Crippen molar-refractivity contribution in [3.63, 3.8) is 0 Å². The van der Waals surface area contributed by atoms with Crippen molar-refractivity contribution in [2.24, 2.45) is 0 Å². The van der Waals surface area contributed by atoms with Crippen molar-refractivity contribution >= 4 is 5.52 Å². The van der Waals surface area contributed by atoms with Gasteiger partial charge in [-0.05, 0) is 41.5 Å². The second-order valence-corrected chi connectivity index (χ2v) is 6.10. The minimum Gasteiger partial charge on any atom is -0.497 e. The molecule has 0 saturated heterocycles. The zero-order chi connectivity index (χ0) is 17.9. The van der Waals surface area contributed by atoms with E-state index in [0.29, 0.717) is 0 Å². The first-order valence-corrected chi connectivity index (χ1v) is 8.51. The SMILES string of the molecule is COc1cccc(-c2cc3cccc[n+]3cc2-c2cccc(OC)c2)c1. The van der Waals surface area contributed by atoms with Crippen LogP contribution in [0.2, 0.25) is 0 Å². The molecule has 0 bridgehead atoms. The molecule has 2 aromatic heterocycles. The number of benzene rings is 2. The first-order valence-electron chi connectivity index (χ1n) is 8.51. The van der Waals surface area contributed by atoms with Crippen LogP contribution < -0.4 is 13.9 Å². The van der Waals surface area contributed by atoms with Crippen molar-refractivity contribution < 1.29 is 13.9 Å². The lowest BCUT2D eigenvalue weighted by Crippen LogP contribution is -2.20. The van der Waals surface area contributed by atoms with Crippen LogP contribution >= 0.6 is 0 Å². The number of ether oxygens (including phenoxy) is 2. The second-order valence-electron chi connectivity index (χ2n) is 6.10. The number of hydrogen-bond acceptors (Lipinski definition) is 2. The summed E-state index contributed by atoms with van der Waals surface area (Å²) in [6, 6.07) is 24.7. The van der Waals surface area contributed by atoms with Gasteiger partial charge >= 0.3 is 0 Å². The Labute approximate surface area is 153 Å². The molecule has 128 valence electrons. The quantitative estimate of drug-likeness (QED) is 0.498. The monoisotopic (exact) mass is 342 g/mol. The van der Waals surface area contributed by atoms with E-state index >= 15 is 0 Å². The summed E-state index contributed by atoms with van der Waals surface area (Å²) < 4.78 is 13.0. The molecule has 0 radical (unpaired) electrons. The van der Waals surface area contributed by atoms with Crippen molar-refractivity contribution in [1.82, 2.24) is 0 Å². The number of pyridine rings is 2. The molecule has 0 atom stereocenters. The zero-order valence-corrected chi connectivity index (χ0v) is 14.8. The van der Waals surface area contributed by atoms with Gasteiger partial charge < -0.3 is 9.47 Å². The Morgan fingerprint density at radius 3 is 1.96 bits per heavy atom. The summed E-state index contributed by atoms with van der Waals surface area (Å²) in [6.07, 6.45) is 4.23.